The van der Waals surface area contributed by atoms with Gasteiger partial charge in [0.1, 0.15) is 0 Å². The number of aryl methyl sites for hydroxylation is 1. The number of anilines is 1. The molecule has 0 N–H and O–H groups in total. The molecule has 2 aromatic heterocycles. The number of aromatic nitrogens is 3. The Morgan fingerprint density at radius 3 is 2.48 bits per heavy atom. The van der Waals surface area contributed by atoms with Crippen molar-refractivity contribution in [3.8, 4) is 0 Å². The Hall–Kier alpha value is -1.88. The largest absolute Gasteiger partial charge is 0.353 e. The molecule has 0 amide bonds. The van der Waals surface area contributed by atoms with Gasteiger partial charge in [-0.15, -0.1) is 0 Å². The van der Waals surface area contributed by atoms with Gasteiger partial charge < -0.3 is 9.47 Å². The fourth-order valence-corrected chi connectivity index (χ4v) is 4.04. The van der Waals surface area contributed by atoms with Crippen LogP contribution in [0.2, 0.25) is 0 Å². The Bertz CT molecular complexity index is 642. The summed E-state index contributed by atoms with van der Waals surface area (Å²) in [5.74, 6) is 0.899. The second-order valence-electron chi connectivity index (χ2n) is 7.11. The van der Waals surface area contributed by atoms with E-state index in [4.69, 9.17) is 0 Å². The summed E-state index contributed by atoms with van der Waals surface area (Å²) in [6, 6.07) is 6.25. The van der Waals surface area contributed by atoms with Gasteiger partial charge in [0, 0.05) is 51.0 Å². The molecule has 4 heterocycles. The first-order valence-corrected chi connectivity index (χ1v) is 8.59. The normalized spacial score (nSPS) is 21.2. The van der Waals surface area contributed by atoms with Crippen LogP contribution in [-0.2, 0) is 13.6 Å². The van der Waals surface area contributed by atoms with Crippen molar-refractivity contribution < 1.29 is 0 Å². The van der Waals surface area contributed by atoms with Crippen molar-refractivity contribution in [3.63, 3.8) is 0 Å². The predicted molar refractivity (Wildman–Crippen MR) is 91.2 cm³/mol. The van der Waals surface area contributed by atoms with Gasteiger partial charge in [0.2, 0.25) is 5.95 Å². The van der Waals surface area contributed by atoms with Crippen molar-refractivity contribution in [2.75, 3.05) is 31.1 Å². The molecule has 122 valence electrons. The maximum Gasteiger partial charge on any atom is 0.225 e. The van der Waals surface area contributed by atoms with E-state index in [-0.39, 0.29) is 0 Å². The minimum atomic E-state index is 0.476. The van der Waals surface area contributed by atoms with Crippen LogP contribution in [0.3, 0.4) is 0 Å². The summed E-state index contributed by atoms with van der Waals surface area (Å²) in [5, 5.41) is 0. The SMILES string of the molecule is Cn1cccc1CN1CCC2(CC1)CCN(c1ncccn1)C2. The molecule has 2 fully saturated rings. The van der Waals surface area contributed by atoms with Crippen LogP contribution in [0.25, 0.3) is 0 Å². The summed E-state index contributed by atoms with van der Waals surface area (Å²) in [5.41, 5.74) is 1.89. The molecule has 0 unspecified atom stereocenters. The molecular weight excluding hydrogens is 286 g/mol. The van der Waals surface area contributed by atoms with Gasteiger partial charge in [0.05, 0.1) is 0 Å². The molecule has 4 rings (SSSR count). The van der Waals surface area contributed by atoms with Crippen LogP contribution in [0.15, 0.2) is 36.8 Å². The summed E-state index contributed by atoms with van der Waals surface area (Å²) < 4.78 is 2.23. The van der Waals surface area contributed by atoms with Crippen LogP contribution in [0.5, 0.6) is 0 Å². The standard InChI is InChI=1S/C18H25N5/c1-21-10-2-4-16(21)14-22-11-5-18(6-12-22)7-13-23(15-18)17-19-8-3-9-20-17/h2-4,8-10H,5-7,11-15H2,1H3. The molecule has 23 heavy (non-hydrogen) atoms. The minimum Gasteiger partial charge on any atom is -0.353 e. The lowest BCUT2D eigenvalue weighted by molar-refractivity contribution is 0.113. The molecule has 1 spiro atoms. The Morgan fingerprint density at radius 2 is 1.78 bits per heavy atom. The highest BCUT2D eigenvalue weighted by Crippen LogP contribution is 2.41. The zero-order valence-corrected chi connectivity index (χ0v) is 13.9. The Morgan fingerprint density at radius 1 is 1.04 bits per heavy atom. The van der Waals surface area contributed by atoms with E-state index in [0.717, 1.165) is 25.6 Å². The van der Waals surface area contributed by atoms with Gasteiger partial charge in [0.25, 0.3) is 0 Å². The number of nitrogens with zero attached hydrogens (tertiary/aromatic N) is 5. The minimum absolute atomic E-state index is 0.476. The fourth-order valence-electron chi connectivity index (χ4n) is 4.04. The molecule has 0 saturated carbocycles. The Labute approximate surface area is 138 Å². The van der Waals surface area contributed by atoms with Crippen molar-refractivity contribution in [2.24, 2.45) is 12.5 Å². The zero-order chi connectivity index (χ0) is 15.7. The lowest BCUT2D eigenvalue weighted by Gasteiger charge is -2.39. The topological polar surface area (TPSA) is 37.2 Å². The number of hydrogen-bond acceptors (Lipinski definition) is 4. The van der Waals surface area contributed by atoms with Gasteiger partial charge in [-0.3, -0.25) is 4.90 Å². The average Bonchev–Trinajstić information content (AvgIpc) is 3.18. The first-order chi connectivity index (χ1) is 11.2. The van der Waals surface area contributed by atoms with Crippen molar-refractivity contribution in [2.45, 2.75) is 25.8 Å². The molecule has 0 atom stereocenters. The van der Waals surface area contributed by atoms with E-state index in [2.05, 4.69) is 49.7 Å². The summed E-state index contributed by atoms with van der Waals surface area (Å²) in [6.45, 7) is 5.70. The predicted octanol–water partition coefficient (Wildman–Crippen LogP) is 2.31. The van der Waals surface area contributed by atoms with Crippen LogP contribution in [0, 0.1) is 5.41 Å². The van der Waals surface area contributed by atoms with Crippen LogP contribution >= 0.6 is 0 Å². The lowest BCUT2D eigenvalue weighted by atomic mass is 9.78. The van der Waals surface area contributed by atoms with Crippen molar-refractivity contribution in [3.05, 3.63) is 42.5 Å². The van der Waals surface area contributed by atoms with Gasteiger partial charge in [-0.05, 0) is 56.0 Å². The van der Waals surface area contributed by atoms with E-state index >= 15 is 0 Å². The molecule has 2 aliphatic rings. The third-order valence-electron chi connectivity index (χ3n) is 5.63. The summed E-state index contributed by atoms with van der Waals surface area (Å²) in [4.78, 5) is 13.8. The fraction of sp³-hybridized carbons (Fsp3) is 0.556. The van der Waals surface area contributed by atoms with Gasteiger partial charge in [0.15, 0.2) is 0 Å². The van der Waals surface area contributed by atoms with E-state index in [1.165, 1.54) is 38.0 Å². The highest BCUT2D eigenvalue weighted by Gasteiger charge is 2.41. The van der Waals surface area contributed by atoms with E-state index in [0.29, 0.717) is 5.41 Å². The van der Waals surface area contributed by atoms with Gasteiger partial charge in [-0.25, -0.2) is 9.97 Å². The quantitative estimate of drug-likeness (QED) is 0.872. The Balaban J connectivity index is 1.35. The molecular formula is C18H25N5. The lowest BCUT2D eigenvalue weighted by Crippen LogP contribution is -2.41. The van der Waals surface area contributed by atoms with Gasteiger partial charge in [-0.1, -0.05) is 0 Å². The number of hydrogen-bond donors (Lipinski definition) is 0. The molecule has 0 radical (unpaired) electrons. The monoisotopic (exact) mass is 311 g/mol. The Kier molecular flexibility index (Phi) is 3.81. The van der Waals surface area contributed by atoms with E-state index in [1.807, 2.05) is 18.5 Å². The first kappa shape index (κ1) is 14.7. The highest BCUT2D eigenvalue weighted by atomic mass is 15.3. The van der Waals surface area contributed by atoms with Gasteiger partial charge >= 0.3 is 0 Å². The molecule has 2 aromatic rings. The van der Waals surface area contributed by atoms with Crippen LogP contribution in [0.4, 0.5) is 5.95 Å². The highest BCUT2D eigenvalue weighted by molar-refractivity contribution is 5.31. The van der Waals surface area contributed by atoms with Crippen molar-refractivity contribution in [1.82, 2.24) is 19.4 Å². The molecule has 0 bridgehead atoms. The maximum atomic E-state index is 4.41. The second-order valence-corrected chi connectivity index (χ2v) is 7.11. The first-order valence-electron chi connectivity index (χ1n) is 8.59. The molecule has 5 heteroatoms. The zero-order valence-electron chi connectivity index (χ0n) is 13.9. The maximum absolute atomic E-state index is 4.41. The molecule has 0 aromatic carbocycles. The van der Waals surface area contributed by atoms with E-state index < -0.39 is 0 Å². The van der Waals surface area contributed by atoms with E-state index in [9.17, 15) is 0 Å². The summed E-state index contributed by atoms with van der Waals surface area (Å²) >= 11 is 0. The third-order valence-corrected chi connectivity index (χ3v) is 5.63. The molecule has 2 aliphatic heterocycles. The second kappa shape index (κ2) is 5.96. The van der Waals surface area contributed by atoms with Crippen LogP contribution < -0.4 is 4.90 Å². The summed E-state index contributed by atoms with van der Waals surface area (Å²) in [7, 11) is 2.13. The van der Waals surface area contributed by atoms with Gasteiger partial charge in [-0.2, -0.15) is 0 Å². The summed E-state index contributed by atoms with van der Waals surface area (Å²) in [6.07, 6.45) is 9.69. The average molecular weight is 311 g/mol. The van der Waals surface area contributed by atoms with Crippen molar-refractivity contribution in [1.29, 1.82) is 0 Å². The third kappa shape index (κ3) is 2.98. The van der Waals surface area contributed by atoms with Crippen molar-refractivity contribution >= 4 is 5.95 Å². The smallest absolute Gasteiger partial charge is 0.225 e. The molecule has 2 saturated heterocycles. The van der Waals surface area contributed by atoms with Crippen LogP contribution in [0.1, 0.15) is 25.0 Å². The number of piperidine rings is 1. The molecule has 0 aliphatic carbocycles. The molecule has 5 nitrogen and oxygen atoms in total. The van der Waals surface area contributed by atoms with Crippen LogP contribution in [-0.4, -0.2) is 45.6 Å². The number of rotatable bonds is 3. The van der Waals surface area contributed by atoms with E-state index in [1.54, 1.807) is 0 Å². The number of likely N-dealkylation sites (tertiary alicyclic amines) is 1.